The summed E-state index contributed by atoms with van der Waals surface area (Å²) in [6.45, 7) is 7.50. The van der Waals surface area contributed by atoms with Gasteiger partial charge in [-0.15, -0.1) is 0 Å². The summed E-state index contributed by atoms with van der Waals surface area (Å²) in [5, 5.41) is 17.6. The maximum atomic E-state index is 10.8. The van der Waals surface area contributed by atoms with Gasteiger partial charge in [0.2, 0.25) is 0 Å². The number of guanidine groups is 1. The predicted molar refractivity (Wildman–Crippen MR) is 117 cm³/mol. The van der Waals surface area contributed by atoms with E-state index in [2.05, 4.69) is 22.5 Å². The molecule has 2 aromatic rings. The third kappa shape index (κ3) is 6.82. The van der Waals surface area contributed by atoms with E-state index >= 15 is 0 Å². The lowest BCUT2D eigenvalue weighted by Gasteiger charge is -2.32. The van der Waals surface area contributed by atoms with Crippen LogP contribution in [-0.4, -0.2) is 54.7 Å². The summed E-state index contributed by atoms with van der Waals surface area (Å²) in [6.07, 6.45) is 0. The van der Waals surface area contributed by atoms with Crippen molar-refractivity contribution in [3.8, 4) is 0 Å². The molecule has 0 bridgehead atoms. The second-order valence-corrected chi connectivity index (χ2v) is 7.31. The van der Waals surface area contributed by atoms with Crippen LogP contribution in [0.2, 0.25) is 0 Å². The monoisotopic (exact) mass is 411 g/mol. The van der Waals surface area contributed by atoms with Gasteiger partial charge < -0.3 is 15.4 Å². The lowest BCUT2D eigenvalue weighted by atomic mass is 10.2. The van der Waals surface area contributed by atoms with Crippen molar-refractivity contribution in [2.75, 3.05) is 32.8 Å². The Bertz CT molecular complexity index is 820. The molecule has 8 nitrogen and oxygen atoms in total. The van der Waals surface area contributed by atoms with Crippen molar-refractivity contribution in [3.05, 3.63) is 75.8 Å². The van der Waals surface area contributed by atoms with Crippen LogP contribution in [0, 0.1) is 10.1 Å². The van der Waals surface area contributed by atoms with E-state index in [1.54, 1.807) is 12.1 Å². The Morgan fingerprint density at radius 2 is 1.80 bits per heavy atom. The SMILES string of the molecule is CC(CNC(=NCc1ccccc1)NCc1ccc([N+](=O)[O-])cc1)N1CCOCC1. The standard InChI is InChI=1S/C22H29N5O3/c1-18(26-11-13-30-14-12-26)15-23-22(24-16-19-5-3-2-4-6-19)25-17-20-7-9-21(10-8-20)27(28)29/h2-10,18H,11-17H2,1H3,(H2,23,24,25). The maximum absolute atomic E-state index is 10.8. The number of hydrogen-bond donors (Lipinski definition) is 2. The van der Waals surface area contributed by atoms with Crippen molar-refractivity contribution < 1.29 is 9.66 Å². The highest BCUT2D eigenvalue weighted by Crippen LogP contribution is 2.11. The molecule has 1 saturated heterocycles. The molecule has 8 heteroatoms. The van der Waals surface area contributed by atoms with Gasteiger partial charge in [-0.3, -0.25) is 15.0 Å². The van der Waals surface area contributed by atoms with E-state index in [-0.39, 0.29) is 5.69 Å². The van der Waals surface area contributed by atoms with E-state index in [9.17, 15) is 10.1 Å². The molecule has 160 valence electrons. The molecule has 0 aliphatic carbocycles. The van der Waals surface area contributed by atoms with Gasteiger partial charge in [-0.1, -0.05) is 42.5 Å². The van der Waals surface area contributed by atoms with Gasteiger partial charge in [0.1, 0.15) is 0 Å². The van der Waals surface area contributed by atoms with E-state index in [4.69, 9.17) is 9.73 Å². The Labute approximate surface area is 177 Å². The summed E-state index contributed by atoms with van der Waals surface area (Å²) in [7, 11) is 0. The van der Waals surface area contributed by atoms with Crippen LogP contribution in [0.15, 0.2) is 59.6 Å². The second kappa shape index (κ2) is 11.3. The number of nitrogens with zero attached hydrogens (tertiary/aromatic N) is 3. The molecule has 1 aliphatic heterocycles. The zero-order valence-electron chi connectivity index (χ0n) is 17.3. The molecule has 0 spiro atoms. The number of benzene rings is 2. The number of nitrogens with one attached hydrogen (secondary N) is 2. The average Bonchev–Trinajstić information content (AvgIpc) is 2.80. The Kier molecular flexibility index (Phi) is 8.17. The van der Waals surface area contributed by atoms with Gasteiger partial charge in [0, 0.05) is 44.4 Å². The molecule has 30 heavy (non-hydrogen) atoms. The minimum atomic E-state index is -0.390. The van der Waals surface area contributed by atoms with Gasteiger partial charge in [0.15, 0.2) is 5.96 Å². The molecule has 3 rings (SSSR count). The molecule has 2 aromatic carbocycles. The fourth-order valence-electron chi connectivity index (χ4n) is 3.24. The largest absolute Gasteiger partial charge is 0.379 e. The van der Waals surface area contributed by atoms with Crippen LogP contribution >= 0.6 is 0 Å². The first kappa shape index (κ1) is 21.7. The van der Waals surface area contributed by atoms with E-state index in [1.165, 1.54) is 12.1 Å². The van der Waals surface area contributed by atoms with Gasteiger partial charge in [-0.25, -0.2) is 4.99 Å². The molecular weight excluding hydrogens is 382 g/mol. The van der Waals surface area contributed by atoms with E-state index < -0.39 is 4.92 Å². The van der Waals surface area contributed by atoms with Crippen molar-refractivity contribution in [2.24, 2.45) is 4.99 Å². The molecule has 1 atom stereocenters. The lowest BCUT2D eigenvalue weighted by molar-refractivity contribution is -0.384. The van der Waals surface area contributed by atoms with Crippen LogP contribution in [0.4, 0.5) is 5.69 Å². The molecule has 0 aromatic heterocycles. The molecule has 0 amide bonds. The Morgan fingerprint density at radius 1 is 1.10 bits per heavy atom. The highest BCUT2D eigenvalue weighted by molar-refractivity contribution is 5.79. The second-order valence-electron chi connectivity index (χ2n) is 7.31. The summed E-state index contributed by atoms with van der Waals surface area (Å²) in [5.74, 6) is 0.720. The number of nitro benzene ring substituents is 1. The molecule has 2 N–H and O–H groups in total. The Balaban J connectivity index is 1.60. The van der Waals surface area contributed by atoms with E-state index in [0.29, 0.717) is 19.1 Å². The van der Waals surface area contributed by atoms with Crippen molar-refractivity contribution in [1.29, 1.82) is 0 Å². The molecule has 1 fully saturated rings. The maximum Gasteiger partial charge on any atom is 0.269 e. The minimum Gasteiger partial charge on any atom is -0.379 e. The van der Waals surface area contributed by atoms with Gasteiger partial charge in [0.05, 0.1) is 24.7 Å². The van der Waals surface area contributed by atoms with Gasteiger partial charge in [0.25, 0.3) is 5.69 Å². The summed E-state index contributed by atoms with van der Waals surface area (Å²) in [4.78, 5) is 17.6. The minimum absolute atomic E-state index is 0.0918. The first-order chi connectivity index (χ1) is 14.6. The highest BCUT2D eigenvalue weighted by Gasteiger charge is 2.17. The molecule has 0 saturated carbocycles. The van der Waals surface area contributed by atoms with Crippen LogP contribution < -0.4 is 10.6 Å². The molecular formula is C22H29N5O3. The summed E-state index contributed by atoms with van der Waals surface area (Å²) in [6, 6.07) is 17.0. The number of morpholine rings is 1. The van der Waals surface area contributed by atoms with Crippen molar-refractivity contribution in [3.63, 3.8) is 0 Å². The van der Waals surface area contributed by atoms with E-state index in [1.807, 2.05) is 30.3 Å². The fraction of sp³-hybridized carbons (Fsp3) is 0.409. The number of aliphatic imine (C=N–C) groups is 1. The van der Waals surface area contributed by atoms with Crippen molar-refractivity contribution in [1.82, 2.24) is 15.5 Å². The van der Waals surface area contributed by atoms with Gasteiger partial charge in [-0.2, -0.15) is 0 Å². The number of non-ortho nitro benzene ring substituents is 1. The van der Waals surface area contributed by atoms with Crippen LogP contribution in [0.1, 0.15) is 18.1 Å². The third-order valence-electron chi connectivity index (χ3n) is 5.10. The Hall–Kier alpha value is -2.97. The van der Waals surface area contributed by atoms with Crippen LogP contribution in [0.5, 0.6) is 0 Å². The smallest absolute Gasteiger partial charge is 0.269 e. The molecule has 1 unspecified atom stereocenters. The summed E-state index contributed by atoms with van der Waals surface area (Å²) < 4.78 is 5.43. The van der Waals surface area contributed by atoms with E-state index in [0.717, 1.165) is 49.9 Å². The molecule has 1 aliphatic rings. The number of rotatable bonds is 8. The van der Waals surface area contributed by atoms with Crippen molar-refractivity contribution in [2.45, 2.75) is 26.1 Å². The first-order valence-electron chi connectivity index (χ1n) is 10.2. The summed E-state index contributed by atoms with van der Waals surface area (Å²) >= 11 is 0. The number of ether oxygens (including phenoxy) is 1. The Morgan fingerprint density at radius 3 is 2.47 bits per heavy atom. The van der Waals surface area contributed by atoms with Crippen molar-refractivity contribution >= 4 is 11.6 Å². The van der Waals surface area contributed by atoms with Crippen LogP contribution in [0.3, 0.4) is 0 Å². The number of hydrogen-bond acceptors (Lipinski definition) is 5. The normalized spacial score (nSPS) is 16.1. The average molecular weight is 412 g/mol. The predicted octanol–water partition coefficient (Wildman–Crippen LogP) is 2.55. The number of nitro groups is 1. The topological polar surface area (TPSA) is 92.0 Å². The fourth-order valence-corrected chi connectivity index (χ4v) is 3.24. The highest BCUT2D eigenvalue weighted by atomic mass is 16.6. The molecule has 0 radical (unpaired) electrons. The molecule has 1 heterocycles. The van der Waals surface area contributed by atoms with Gasteiger partial charge in [-0.05, 0) is 18.1 Å². The zero-order valence-corrected chi connectivity index (χ0v) is 17.3. The summed E-state index contributed by atoms with van der Waals surface area (Å²) in [5.41, 5.74) is 2.18. The van der Waals surface area contributed by atoms with Gasteiger partial charge >= 0.3 is 0 Å². The van der Waals surface area contributed by atoms with Crippen LogP contribution in [-0.2, 0) is 17.8 Å². The quantitative estimate of drug-likeness (QED) is 0.300. The van der Waals surface area contributed by atoms with Crippen LogP contribution in [0.25, 0.3) is 0 Å². The third-order valence-corrected chi connectivity index (χ3v) is 5.10. The zero-order chi connectivity index (χ0) is 21.2. The lowest BCUT2D eigenvalue weighted by Crippen LogP contribution is -2.49. The first-order valence-corrected chi connectivity index (χ1v) is 10.2.